The first-order valence-corrected chi connectivity index (χ1v) is 16.7. The Balaban J connectivity index is 0.983. The number of carbonyl (C=O) groups excluding carboxylic acids is 3. The van der Waals surface area contributed by atoms with Gasteiger partial charge in [-0.05, 0) is 105 Å². The van der Waals surface area contributed by atoms with Crippen molar-refractivity contribution in [3.8, 4) is 0 Å². The molecule has 2 amide bonds. The minimum atomic E-state index is -1.16. The van der Waals surface area contributed by atoms with Crippen molar-refractivity contribution in [1.82, 2.24) is 15.6 Å². The number of carboxylic acids is 1. The Morgan fingerprint density at radius 1 is 1.04 bits per heavy atom. The molecular weight excluding hydrogens is 584 g/mol. The van der Waals surface area contributed by atoms with Crippen LogP contribution >= 0.6 is 0 Å². The molecule has 1 aromatic heterocycles. The minimum absolute atomic E-state index is 0.107. The van der Waals surface area contributed by atoms with Crippen LogP contribution in [-0.2, 0) is 30.4 Å². The van der Waals surface area contributed by atoms with E-state index in [2.05, 4.69) is 40.7 Å². The van der Waals surface area contributed by atoms with Gasteiger partial charge in [-0.15, -0.1) is 0 Å². The van der Waals surface area contributed by atoms with Crippen molar-refractivity contribution in [1.29, 1.82) is 0 Å². The number of fused-ring (bicyclic) bond motifs is 6. The summed E-state index contributed by atoms with van der Waals surface area (Å²) in [5, 5.41) is 19.8. The molecule has 10 heteroatoms. The standard InChI is InChI=1S/C36H46N4O6/c1-21(41)27-10-11-28-26-9-8-23-17-24(12-14-35(23,2)29(26)13-15-36(27,28)3)40-46-20-33(43)38-19-32(42)39-31(34(44)45)16-22-18-37-30-7-5-4-6-25(22)30/h4-7,17-18,26-29,31,37H,8-16,19-20H2,1-3H3,(H,38,43)(H,39,42)(H,44,45)/b40-24+/t26-,27-,28+,29-,31+,35-,36+/m0/s1. The van der Waals surface area contributed by atoms with E-state index < -0.39 is 23.8 Å². The van der Waals surface area contributed by atoms with Crippen LogP contribution in [0.25, 0.3) is 10.9 Å². The molecule has 2 aromatic rings. The van der Waals surface area contributed by atoms with Crippen molar-refractivity contribution in [2.24, 2.45) is 39.7 Å². The van der Waals surface area contributed by atoms with Crippen LogP contribution in [0, 0.1) is 34.5 Å². The Morgan fingerprint density at radius 2 is 1.85 bits per heavy atom. The summed E-state index contributed by atoms with van der Waals surface area (Å²) < 4.78 is 0. The number of H-pyrrole nitrogens is 1. The molecule has 4 aliphatic carbocycles. The number of hydrogen-bond donors (Lipinski definition) is 4. The summed E-state index contributed by atoms with van der Waals surface area (Å²) in [5.74, 6) is 0.238. The summed E-state index contributed by atoms with van der Waals surface area (Å²) in [6.07, 6.45) is 12.5. The minimum Gasteiger partial charge on any atom is -0.480 e. The van der Waals surface area contributed by atoms with Crippen LogP contribution in [0.5, 0.6) is 0 Å². The van der Waals surface area contributed by atoms with Crippen molar-refractivity contribution in [3.63, 3.8) is 0 Å². The SMILES string of the molecule is CC(=O)[C@@H]1CC[C@@H]2[C@@H]3CCC4=C/C(=N/OCC(=O)NCC(=O)N[C@H](Cc5c[nH]c6ccccc56)C(=O)O)CC[C@]4(C)[C@H]3CC[C@@]21C. The second kappa shape index (κ2) is 12.7. The Hall–Kier alpha value is -3.95. The number of amides is 2. The molecule has 4 aliphatic rings. The molecule has 0 saturated heterocycles. The molecule has 46 heavy (non-hydrogen) atoms. The highest BCUT2D eigenvalue weighted by Gasteiger charge is 2.59. The number of Topliss-reactive ketones (excluding diaryl/α,β-unsaturated/α-hetero) is 1. The largest absolute Gasteiger partial charge is 0.480 e. The van der Waals surface area contributed by atoms with Gasteiger partial charge in [-0.1, -0.05) is 42.8 Å². The zero-order valence-corrected chi connectivity index (χ0v) is 27.1. The molecular formula is C36H46N4O6. The maximum Gasteiger partial charge on any atom is 0.326 e. The number of benzene rings is 1. The smallest absolute Gasteiger partial charge is 0.326 e. The molecule has 0 bridgehead atoms. The van der Waals surface area contributed by atoms with Crippen molar-refractivity contribution in [2.45, 2.75) is 84.6 Å². The molecule has 0 unspecified atom stereocenters. The first-order valence-electron chi connectivity index (χ1n) is 16.7. The summed E-state index contributed by atoms with van der Waals surface area (Å²) >= 11 is 0. The van der Waals surface area contributed by atoms with E-state index in [1.807, 2.05) is 24.3 Å². The number of oxime groups is 1. The van der Waals surface area contributed by atoms with Gasteiger partial charge in [-0.25, -0.2) is 4.79 Å². The normalized spacial score (nSPS) is 31.6. The highest BCUT2D eigenvalue weighted by Crippen LogP contribution is 2.66. The van der Waals surface area contributed by atoms with E-state index in [4.69, 9.17) is 4.84 Å². The van der Waals surface area contributed by atoms with Gasteiger partial charge >= 0.3 is 5.97 Å². The molecule has 3 saturated carbocycles. The number of aromatic nitrogens is 1. The quantitative estimate of drug-likeness (QED) is 0.273. The molecule has 0 spiro atoms. The van der Waals surface area contributed by atoms with Gasteiger partial charge in [-0.3, -0.25) is 14.4 Å². The van der Waals surface area contributed by atoms with Crippen LogP contribution in [0.15, 0.2) is 47.3 Å². The molecule has 3 fully saturated rings. The number of rotatable bonds is 10. The number of hydrogen-bond acceptors (Lipinski definition) is 6. The predicted molar refractivity (Wildman–Crippen MR) is 174 cm³/mol. The second-order valence-electron chi connectivity index (χ2n) is 14.4. The lowest BCUT2D eigenvalue weighted by atomic mass is 9.46. The summed E-state index contributed by atoms with van der Waals surface area (Å²) in [4.78, 5) is 57.6. The molecule has 4 N–H and O–H groups in total. The van der Waals surface area contributed by atoms with Crippen molar-refractivity contribution in [2.75, 3.05) is 13.2 Å². The maximum atomic E-state index is 12.5. The van der Waals surface area contributed by atoms with Gasteiger partial charge in [0.2, 0.25) is 5.91 Å². The first kappa shape index (κ1) is 32.0. The average Bonchev–Trinajstić information content (AvgIpc) is 3.60. The van der Waals surface area contributed by atoms with Crippen molar-refractivity contribution >= 4 is 40.2 Å². The van der Waals surface area contributed by atoms with E-state index in [-0.39, 0.29) is 36.3 Å². The number of aromatic amines is 1. The van der Waals surface area contributed by atoms with E-state index in [9.17, 15) is 24.3 Å². The first-order chi connectivity index (χ1) is 22.0. The van der Waals surface area contributed by atoms with Crippen LogP contribution in [0.1, 0.15) is 77.7 Å². The third kappa shape index (κ3) is 5.98. The predicted octanol–water partition coefficient (Wildman–Crippen LogP) is 4.94. The monoisotopic (exact) mass is 630 g/mol. The van der Waals surface area contributed by atoms with Crippen LogP contribution in [-0.4, -0.2) is 58.6 Å². The van der Waals surface area contributed by atoms with E-state index in [1.54, 1.807) is 13.1 Å². The second-order valence-corrected chi connectivity index (χ2v) is 14.4. The molecule has 1 aromatic carbocycles. The third-order valence-corrected chi connectivity index (χ3v) is 12.0. The molecule has 0 aliphatic heterocycles. The summed E-state index contributed by atoms with van der Waals surface area (Å²) in [7, 11) is 0. The van der Waals surface area contributed by atoms with Gasteiger partial charge in [0, 0.05) is 29.4 Å². The number of nitrogens with zero attached hydrogens (tertiary/aromatic N) is 1. The van der Waals surface area contributed by atoms with Gasteiger partial charge in [0.25, 0.3) is 5.91 Å². The van der Waals surface area contributed by atoms with E-state index >= 15 is 0 Å². The number of allylic oxidation sites excluding steroid dienone is 2. The molecule has 1 heterocycles. The van der Waals surface area contributed by atoms with Crippen molar-refractivity contribution < 1.29 is 29.1 Å². The lowest BCUT2D eigenvalue weighted by molar-refractivity contribution is -0.141. The number of carbonyl (C=O) groups is 4. The molecule has 6 rings (SSSR count). The Labute approximate surface area is 269 Å². The van der Waals surface area contributed by atoms with Crippen LogP contribution < -0.4 is 10.6 Å². The average molecular weight is 631 g/mol. The Morgan fingerprint density at radius 3 is 2.63 bits per heavy atom. The number of carboxylic acid groups (broad SMARTS) is 1. The summed E-state index contributed by atoms with van der Waals surface area (Å²) in [5.41, 5.74) is 4.20. The fourth-order valence-electron chi connectivity index (χ4n) is 9.68. The topological polar surface area (TPSA) is 150 Å². The molecule has 10 nitrogen and oxygen atoms in total. The van der Waals surface area contributed by atoms with Gasteiger partial charge in [0.1, 0.15) is 11.8 Å². The lowest BCUT2D eigenvalue weighted by Gasteiger charge is -2.58. The van der Waals surface area contributed by atoms with Gasteiger partial charge in [-0.2, -0.15) is 0 Å². The number of nitrogens with one attached hydrogen (secondary N) is 3. The highest BCUT2D eigenvalue weighted by molar-refractivity contribution is 5.96. The van der Waals surface area contributed by atoms with E-state index in [1.165, 1.54) is 18.4 Å². The van der Waals surface area contributed by atoms with Crippen LogP contribution in [0.3, 0.4) is 0 Å². The summed E-state index contributed by atoms with van der Waals surface area (Å²) in [6, 6.07) is 6.41. The summed E-state index contributed by atoms with van der Waals surface area (Å²) in [6.45, 7) is 5.88. The maximum absolute atomic E-state index is 12.5. The van der Waals surface area contributed by atoms with Gasteiger partial charge in [0.05, 0.1) is 12.3 Å². The van der Waals surface area contributed by atoms with Gasteiger partial charge in [0.15, 0.2) is 6.61 Å². The lowest BCUT2D eigenvalue weighted by Crippen LogP contribution is -2.51. The fraction of sp³-hybridized carbons (Fsp3) is 0.583. The van der Waals surface area contributed by atoms with Crippen LogP contribution in [0.4, 0.5) is 0 Å². The zero-order chi connectivity index (χ0) is 32.6. The number of aliphatic carboxylic acids is 1. The number of para-hydroxylation sites is 1. The Kier molecular flexibility index (Phi) is 8.83. The fourth-order valence-corrected chi connectivity index (χ4v) is 9.68. The third-order valence-electron chi connectivity index (χ3n) is 12.0. The molecule has 246 valence electrons. The Bertz CT molecular complexity index is 1590. The molecule has 0 radical (unpaired) electrons. The van der Waals surface area contributed by atoms with Crippen LogP contribution in [0.2, 0.25) is 0 Å². The zero-order valence-electron chi connectivity index (χ0n) is 27.1. The van der Waals surface area contributed by atoms with E-state index in [0.717, 1.165) is 60.7 Å². The molecule has 7 atom stereocenters. The van der Waals surface area contributed by atoms with Gasteiger partial charge < -0.3 is 25.6 Å². The number of ketones is 1. The van der Waals surface area contributed by atoms with Crippen molar-refractivity contribution in [3.05, 3.63) is 47.7 Å². The highest BCUT2D eigenvalue weighted by atomic mass is 16.6. The van der Waals surface area contributed by atoms with E-state index in [0.29, 0.717) is 23.5 Å².